The van der Waals surface area contributed by atoms with Gasteiger partial charge in [0.1, 0.15) is 0 Å². The topological polar surface area (TPSA) is 35.2 Å². The summed E-state index contributed by atoms with van der Waals surface area (Å²) in [5.41, 5.74) is 11.5. The molecular weight excluding hydrogens is 234 g/mol. The normalized spacial score (nSPS) is 10.4. The zero-order valence-corrected chi connectivity index (χ0v) is 11.2. The van der Waals surface area contributed by atoms with Gasteiger partial charge in [0.25, 0.3) is 0 Å². The zero-order valence-electron chi connectivity index (χ0n) is 11.2. The molecule has 98 valence electrons. The lowest BCUT2D eigenvalue weighted by atomic mass is 9.98. The second-order valence-electron chi connectivity index (χ2n) is 4.45. The van der Waals surface area contributed by atoms with Crippen molar-refractivity contribution in [3.63, 3.8) is 0 Å². The molecule has 0 aliphatic rings. The molecule has 0 aliphatic carbocycles. The van der Waals surface area contributed by atoms with Gasteiger partial charge in [-0.15, -0.1) is 0 Å². The highest BCUT2D eigenvalue weighted by atomic mass is 16.5. The van der Waals surface area contributed by atoms with E-state index in [1.54, 1.807) is 7.11 Å². The van der Waals surface area contributed by atoms with Crippen LogP contribution in [0.5, 0.6) is 0 Å². The van der Waals surface area contributed by atoms with E-state index >= 15 is 0 Å². The number of rotatable bonds is 5. The SMILES string of the molecule is C=Cc1ccc(-c2cccc(CCOC)c2N)cc1. The van der Waals surface area contributed by atoms with E-state index < -0.39 is 0 Å². The summed E-state index contributed by atoms with van der Waals surface area (Å²) in [6, 6.07) is 14.4. The lowest BCUT2D eigenvalue weighted by Crippen LogP contribution is -2.01. The van der Waals surface area contributed by atoms with Crippen LogP contribution in [0.25, 0.3) is 17.2 Å². The van der Waals surface area contributed by atoms with Crippen LogP contribution < -0.4 is 5.73 Å². The second-order valence-corrected chi connectivity index (χ2v) is 4.45. The standard InChI is InChI=1S/C17H19NO/c1-3-13-7-9-14(10-8-13)16-6-4-5-15(17(16)18)11-12-19-2/h3-10H,1,11-12,18H2,2H3. The maximum atomic E-state index is 6.25. The van der Waals surface area contributed by atoms with E-state index in [-0.39, 0.29) is 0 Å². The molecule has 0 radical (unpaired) electrons. The van der Waals surface area contributed by atoms with E-state index in [0.717, 1.165) is 34.4 Å². The highest BCUT2D eigenvalue weighted by Gasteiger charge is 2.06. The number of anilines is 1. The summed E-state index contributed by atoms with van der Waals surface area (Å²) in [6.45, 7) is 4.44. The van der Waals surface area contributed by atoms with Crippen molar-refractivity contribution in [2.24, 2.45) is 0 Å². The molecule has 2 aromatic carbocycles. The fourth-order valence-corrected chi connectivity index (χ4v) is 2.09. The van der Waals surface area contributed by atoms with Gasteiger partial charge in [-0.1, -0.05) is 55.1 Å². The molecule has 2 rings (SSSR count). The minimum Gasteiger partial charge on any atom is -0.398 e. The molecule has 2 N–H and O–H groups in total. The minimum atomic E-state index is 0.684. The van der Waals surface area contributed by atoms with E-state index in [4.69, 9.17) is 10.5 Å². The first-order valence-corrected chi connectivity index (χ1v) is 6.35. The van der Waals surface area contributed by atoms with Gasteiger partial charge in [0.2, 0.25) is 0 Å². The van der Waals surface area contributed by atoms with Crippen molar-refractivity contribution in [1.29, 1.82) is 0 Å². The van der Waals surface area contributed by atoms with Crippen molar-refractivity contribution in [1.82, 2.24) is 0 Å². The Bertz CT molecular complexity index is 558. The van der Waals surface area contributed by atoms with Gasteiger partial charge in [0.05, 0.1) is 6.61 Å². The van der Waals surface area contributed by atoms with Crippen molar-refractivity contribution in [2.45, 2.75) is 6.42 Å². The fraction of sp³-hybridized carbons (Fsp3) is 0.176. The third kappa shape index (κ3) is 3.04. The first-order valence-electron chi connectivity index (χ1n) is 6.35. The third-order valence-corrected chi connectivity index (χ3v) is 3.23. The number of para-hydroxylation sites is 1. The molecule has 0 amide bonds. The molecule has 19 heavy (non-hydrogen) atoms. The van der Waals surface area contributed by atoms with Crippen LogP contribution >= 0.6 is 0 Å². The summed E-state index contributed by atoms with van der Waals surface area (Å²) in [5, 5.41) is 0. The van der Waals surface area contributed by atoms with Crippen LogP contribution in [0.15, 0.2) is 49.0 Å². The molecule has 2 aromatic rings. The molecule has 0 atom stereocenters. The molecule has 0 aliphatic heterocycles. The molecule has 0 saturated heterocycles. The van der Waals surface area contributed by atoms with Gasteiger partial charge in [0.15, 0.2) is 0 Å². The predicted octanol–water partition coefficient (Wildman–Crippen LogP) is 3.77. The first-order chi connectivity index (χ1) is 9.26. The summed E-state index contributed by atoms with van der Waals surface area (Å²) in [4.78, 5) is 0. The number of methoxy groups -OCH3 is 1. The number of nitrogens with two attached hydrogens (primary N) is 1. The first kappa shape index (κ1) is 13.4. The van der Waals surface area contributed by atoms with Crippen LogP contribution in [0.2, 0.25) is 0 Å². The number of ether oxygens (including phenoxy) is 1. The molecule has 0 fully saturated rings. The van der Waals surface area contributed by atoms with Crippen molar-refractivity contribution in [3.05, 3.63) is 60.2 Å². The minimum absolute atomic E-state index is 0.684. The fourth-order valence-electron chi connectivity index (χ4n) is 2.09. The number of hydrogen-bond acceptors (Lipinski definition) is 2. The van der Waals surface area contributed by atoms with Crippen molar-refractivity contribution >= 4 is 11.8 Å². The number of nitrogen functional groups attached to an aromatic ring is 1. The van der Waals surface area contributed by atoms with Crippen molar-refractivity contribution < 1.29 is 4.74 Å². The van der Waals surface area contributed by atoms with Gasteiger partial charge < -0.3 is 10.5 Å². The summed E-state index contributed by atoms with van der Waals surface area (Å²) in [6.07, 6.45) is 2.67. The average molecular weight is 253 g/mol. The van der Waals surface area contributed by atoms with Gasteiger partial charge in [-0.05, 0) is 23.1 Å². The second kappa shape index (κ2) is 6.21. The maximum Gasteiger partial charge on any atom is 0.0503 e. The Labute approximate surface area is 114 Å². The Balaban J connectivity index is 2.35. The Morgan fingerprint density at radius 3 is 2.53 bits per heavy atom. The smallest absolute Gasteiger partial charge is 0.0503 e. The van der Waals surface area contributed by atoms with Crippen LogP contribution in [-0.2, 0) is 11.2 Å². The number of benzene rings is 2. The lowest BCUT2D eigenvalue weighted by Gasteiger charge is -2.11. The van der Waals surface area contributed by atoms with Gasteiger partial charge >= 0.3 is 0 Å². The highest BCUT2D eigenvalue weighted by Crippen LogP contribution is 2.29. The largest absolute Gasteiger partial charge is 0.398 e. The van der Waals surface area contributed by atoms with Crippen molar-refractivity contribution in [2.75, 3.05) is 19.5 Å². The molecule has 2 nitrogen and oxygen atoms in total. The Hall–Kier alpha value is -2.06. The maximum absolute atomic E-state index is 6.25. The van der Waals surface area contributed by atoms with E-state index in [2.05, 4.69) is 30.8 Å². The zero-order chi connectivity index (χ0) is 13.7. The van der Waals surface area contributed by atoms with E-state index in [9.17, 15) is 0 Å². The van der Waals surface area contributed by atoms with Crippen LogP contribution in [0.3, 0.4) is 0 Å². The van der Waals surface area contributed by atoms with Gasteiger partial charge in [-0.2, -0.15) is 0 Å². The molecule has 0 unspecified atom stereocenters. The summed E-state index contributed by atoms with van der Waals surface area (Å²) in [7, 11) is 1.70. The Morgan fingerprint density at radius 1 is 1.16 bits per heavy atom. The molecule has 0 bridgehead atoms. The Morgan fingerprint density at radius 2 is 1.89 bits per heavy atom. The van der Waals surface area contributed by atoms with Gasteiger partial charge in [0, 0.05) is 18.4 Å². The molecule has 2 heteroatoms. The Kier molecular flexibility index (Phi) is 4.37. The van der Waals surface area contributed by atoms with Gasteiger partial charge in [-0.25, -0.2) is 0 Å². The summed E-state index contributed by atoms with van der Waals surface area (Å²) >= 11 is 0. The molecule has 0 heterocycles. The van der Waals surface area contributed by atoms with E-state index in [1.807, 2.05) is 24.3 Å². The van der Waals surface area contributed by atoms with E-state index in [1.165, 1.54) is 0 Å². The highest BCUT2D eigenvalue weighted by molar-refractivity contribution is 5.79. The average Bonchev–Trinajstić information content (AvgIpc) is 2.46. The lowest BCUT2D eigenvalue weighted by molar-refractivity contribution is 0.202. The van der Waals surface area contributed by atoms with Crippen LogP contribution in [0.4, 0.5) is 5.69 Å². The quantitative estimate of drug-likeness (QED) is 0.823. The van der Waals surface area contributed by atoms with Gasteiger partial charge in [-0.3, -0.25) is 0 Å². The summed E-state index contributed by atoms with van der Waals surface area (Å²) in [5.74, 6) is 0. The molecule has 0 saturated carbocycles. The van der Waals surface area contributed by atoms with Crippen LogP contribution in [0, 0.1) is 0 Å². The van der Waals surface area contributed by atoms with Crippen molar-refractivity contribution in [3.8, 4) is 11.1 Å². The molecular formula is C17H19NO. The summed E-state index contributed by atoms with van der Waals surface area (Å²) < 4.78 is 5.11. The van der Waals surface area contributed by atoms with E-state index in [0.29, 0.717) is 6.61 Å². The van der Waals surface area contributed by atoms with Crippen LogP contribution in [0.1, 0.15) is 11.1 Å². The molecule has 0 aromatic heterocycles. The predicted molar refractivity (Wildman–Crippen MR) is 82.0 cm³/mol. The third-order valence-electron chi connectivity index (χ3n) is 3.23. The number of hydrogen-bond donors (Lipinski definition) is 1. The van der Waals surface area contributed by atoms with Crippen LogP contribution in [-0.4, -0.2) is 13.7 Å². The monoisotopic (exact) mass is 253 g/mol. The molecule has 0 spiro atoms.